The molecular weight excluding hydrogens is 124 g/mol. The van der Waals surface area contributed by atoms with E-state index in [9.17, 15) is 0 Å². The minimum absolute atomic E-state index is 0.626. The molecule has 0 saturated carbocycles. The van der Waals surface area contributed by atoms with Crippen LogP contribution in [0.3, 0.4) is 0 Å². The Morgan fingerprint density at radius 1 is 1.60 bits per heavy atom. The van der Waals surface area contributed by atoms with Crippen molar-refractivity contribution in [3.05, 3.63) is 18.7 Å². The molecule has 0 saturated heterocycles. The summed E-state index contributed by atoms with van der Waals surface area (Å²) in [6.45, 7) is 4.42. The van der Waals surface area contributed by atoms with Crippen LogP contribution in [0.2, 0.25) is 0 Å². The van der Waals surface area contributed by atoms with Crippen molar-refractivity contribution in [2.75, 3.05) is 0 Å². The summed E-state index contributed by atoms with van der Waals surface area (Å²) in [5.41, 5.74) is 0. The second-order valence-corrected chi connectivity index (χ2v) is 2.78. The van der Waals surface area contributed by atoms with Gasteiger partial charge in [-0.05, 0) is 13.3 Å². The van der Waals surface area contributed by atoms with Crippen molar-refractivity contribution in [2.24, 2.45) is 7.05 Å². The molecule has 0 radical (unpaired) electrons. The highest BCUT2D eigenvalue weighted by atomic mass is 15.1. The van der Waals surface area contributed by atoms with E-state index in [0.717, 1.165) is 0 Å². The maximum absolute atomic E-state index is 2.22. The van der Waals surface area contributed by atoms with Crippen molar-refractivity contribution >= 4 is 0 Å². The number of aromatic nitrogens is 2. The van der Waals surface area contributed by atoms with Crippen molar-refractivity contribution in [1.82, 2.24) is 4.57 Å². The first kappa shape index (κ1) is 7.32. The van der Waals surface area contributed by atoms with Crippen molar-refractivity contribution < 1.29 is 4.57 Å². The van der Waals surface area contributed by atoms with Gasteiger partial charge in [0.05, 0.1) is 13.1 Å². The Kier molecular flexibility index (Phi) is 2.10. The van der Waals surface area contributed by atoms with Gasteiger partial charge in [0, 0.05) is 0 Å². The molecule has 0 aliphatic rings. The fourth-order valence-corrected chi connectivity index (χ4v) is 0.941. The number of hydrogen-bond donors (Lipinski definition) is 0. The van der Waals surface area contributed by atoms with E-state index in [4.69, 9.17) is 0 Å². The maximum Gasteiger partial charge on any atom is 0.243 e. The fourth-order valence-electron chi connectivity index (χ4n) is 0.941. The zero-order valence-corrected chi connectivity index (χ0v) is 6.91. The molecule has 0 aromatic carbocycles. The molecule has 1 aromatic rings. The van der Waals surface area contributed by atoms with Crippen LogP contribution in [-0.2, 0) is 7.05 Å². The average Bonchev–Trinajstić information content (AvgIpc) is 2.34. The predicted octanol–water partition coefficient (Wildman–Crippen LogP) is 1.28. The predicted molar refractivity (Wildman–Crippen MR) is 40.6 cm³/mol. The van der Waals surface area contributed by atoms with E-state index in [2.05, 4.69) is 41.7 Å². The van der Waals surface area contributed by atoms with E-state index in [1.807, 2.05) is 7.05 Å². The lowest BCUT2D eigenvalue weighted by atomic mass is 10.3. The quantitative estimate of drug-likeness (QED) is 0.546. The lowest BCUT2D eigenvalue weighted by molar-refractivity contribution is -0.671. The van der Waals surface area contributed by atoms with Crippen molar-refractivity contribution in [3.63, 3.8) is 0 Å². The second-order valence-electron chi connectivity index (χ2n) is 2.78. The van der Waals surface area contributed by atoms with Crippen molar-refractivity contribution in [2.45, 2.75) is 26.3 Å². The van der Waals surface area contributed by atoms with Crippen LogP contribution in [0.4, 0.5) is 0 Å². The monoisotopic (exact) mass is 139 g/mol. The zero-order chi connectivity index (χ0) is 7.56. The summed E-state index contributed by atoms with van der Waals surface area (Å²) < 4.78 is 4.28. The first-order valence-corrected chi connectivity index (χ1v) is 3.76. The van der Waals surface area contributed by atoms with E-state index >= 15 is 0 Å². The molecule has 0 N–H and O–H groups in total. The highest BCUT2D eigenvalue weighted by molar-refractivity contribution is 4.71. The molecule has 0 aliphatic carbocycles. The number of aryl methyl sites for hydroxylation is 1. The number of nitrogens with zero attached hydrogens (tertiary/aromatic N) is 2. The zero-order valence-electron chi connectivity index (χ0n) is 6.91. The van der Waals surface area contributed by atoms with E-state index in [-0.39, 0.29) is 0 Å². The lowest BCUT2D eigenvalue weighted by Crippen LogP contribution is -2.24. The summed E-state index contributed by atoms with van der Waals surface area (Å²) in [5, 5.41) is 0. The van der Waals surface area contributed by atoms with Crippen molar-refractivity contribution in [3.8, 4) is 0 Å². The van der Waals surface area contributed by atoms with Gasteiger partial charge >= 0.3 is 0 Å². The molecule has 0 aliphatic heterocycles. The molecular formula is C8H15N2+. The molecule has 1 atom stereocenters. The number of imidazole rings is 1. The first-order chi connectivity index (χ1) is 4.74. The Hall–Kier alpha value is -0.790. The molecule has 2 heteroatoms. The normalized spacial score (nSPS) is 13.5. The van der Waals surface area contributed by atoms with Gasteiger partial charge in [0.15, 0.2) is 0 Å². The Morgan fingerprint density at radius 2 is 2.30 bits per heavy atom. The fraction of sp³-hybridized carbons (Fsp3) is 0.625. The van der Waals surface area contributed by atoms with Gasteiger partial charge in [-0.15, -0.1) is 0 Å². The molecule has 1 unspecified atom stereocenters. The Balaban J connectivity index is 2.74. The molecule has 0 bridgehead atoms. The van der Waals surface area contributed by atoms with Gasteiger partial charge in [-0.2, -0.15) is 0 Å². The standard InChI is InChI=1S/C8H15N2/c1-4-8(2)10-6-5-9(3)7-10/h5-8H,4H2,1-3H3/q+1. The van der Waals surface area contributed by atoms with Gasteiger partial charge in [-0.25, -0.2) is 9.13 Å². The Labute approximate surface area is 62.1 Å². The van der Waals surface area contributed by atoms with E-state index in [0.29, 0.717) is 6.04 Å². The van der Waals surface area contributed by atoms with Crippen LogP contribution >= 0.6 is 0 Å². The van der Waals surface area contributed by atoms with Crippen molar-refractivity contribution in [1.29, 1.82) is 0 Å². The Morgan fingerprint density at radius 3 is 2.70 bits per heavy atom. The third-order valence-electron chi connectivity index (χ3n) is 1.89. The molecule has 0 fully saturated rings. The molecule has 2 nitrogen and oxygen atoms in total. The highest BCUT2D eigenvalue weighted by Gasteiger charge is 2.06. The summed E-state index contributed by atoms with van der Waals surface area (Å²) >= 11 is 0. The van der Waals surface area contributed by atoms with Crippen LogP contribution in [0.25, 0.3) is 0 Å². The largest absolute Gasteiger partial charge is 0.243 e. The summed E-state index contributed by atoms with van der Waals surface area (Å²) in [6.07, 6.45) is 7.46. The number of rotatable bonds is 2. The first-order valence-electron chi connectivity index (χ1n) is 3.76. The van der Waals surface area contributed by atoms with E-state index in [1.54, 1.807) is 0 Å². The molecule has 0 spiro atoms. The SMILES string of the molecule is CCC(C)n1cc[n+](C)c1. The van der Waals surface area contributed by atoms with Crippen LogP contribution in [0.1, 0.15) is 26.3 Å². The van der Waals surface area contributed by atoms with E-state index < -0.39 is 0 Å². The topological polar surface area (TPSA) is 8.81 Å². The van der Waals surface area contributed by atoms with Gasteiger partial charge in [-0.1, -0.05) is 6.92 Å². The van der Waals surface area contributed by atoms with Crippen LogP contribution in [0.15, 0.2) is 18.7 Å². The van der Waals surface area contributed by atoms with Crippen LogP contribution in [-0.4, -0.2) is 4.57 Å². The van der Waals surface area contributed by atoms with Crippen LogP contribution in [0.5, 0.6) is 0 Å². The van der Waals surface area contributed by atoms with Crippen LogP contribution < -0.4 is 4.57 Å². The van der Waals surface area contributed by atoms with Gasteiger partial charge in [0.25, 0.3) is 0 Å². The summed E-state index contributed by atoms with van der Waals surface area (Å²) in [7, 11) is 2.04. The molecule has 1 aromatic heterocycles. The van der Waals surface area contributed by atoms with Gasteiger partial charge in [-0.3, -0.25) is 0 Å². The minimum Gasteiger partial charge on any atom is -0.240 e. The third kappa shape index (κ3) is 1.38. The molecule has 0 amide bonds. The molecule has 1 heterocycles. The second kappa shape index (κ2) is 2.86. The summed E-state index contributed by atoms with van der Waals surface area (Å²) in [4.78, 5) is 0. The van der Waals surface area contributed by atoms with Gasteiger partial charge in [0.2, 0.25) is 6.33 Å². The molecule has 10 heavy (non-hydrogen) atoms. The summed E-state index contributed by atoms with van der Waals surface area (Å²) in [5.74, 6) is 0. The maximum atomic E-state index is 2.22. The Bertz CT molecular complexity index is 203. The highest BCUT2D eigenvalue weighted by Crippen LogP contribution is 2.06. The minimum atomic E-state index is 0.626. The smallest absolute Gasteiger partial charge is 0.240 e. The average molecular weight is 139 g/mol. The molecule has 56 valence electrons. The summed E-state index contributed by atoms with van der Waals surface area (Å²) in [6, 6.07) is 0.626. The van der Waals surface area contributed by atoms with Crippen LogP contribution in [0, 0.1) is 0 Å². The third-order valence-corrected chi connectivity index (χ3v) is 1.89. The van der Waals surface area contributed by atoms with E-state index in [1.165, 1.54) is 6.42 Å². The van der Waals surface area contributed by atoms with Gasteiger partial charge in [0.1, 0.15) is 12.4 Å². The number of hydrogen-bond acceptors (Lipinski definition) is 0. The van der Waals surface area contributed by atoms with Gasteiger partial charge < -0.3 is 0 Å². The molecule has 1 rings (SSSR count). The lowest BCUT2D eigenvalue weighted by Gasteiger charge is -2.01.